The van der Waals surface area contributed by atoms with Crippen LogP contribution in [0.1, 0.15) is 43.9 Å². The van der Waals surface area contributed by atoms with E-state index in [1.54, 1.807) is 0 Å². The molecule has 30 heavy (non-hydrogen) atoms. The second kappa shape index (κ2) is 7.96. The number of fused-ring (bicyclic) bond motifs is 3. The lowest BCUT2D eigenvalue weighted by molar-refractivity contribution is -0.137. The highest BCUT2D eigenvalue weighted by Gasteiger charge is 2.58. The van der Waals surface area contributed by atoms with E-state index in [1.807, 2.05) is 0 Å². The van der Waals surface area contributed by atoms with Gasteiger partial charge in [0.15, 0.2) is 12.4 Å². The summed E-state index contributed by atoms with van der Waals surface area (Å²) in [5, 5.41) is 10.9. The lowest BCUT2D eigenvalue weighted by Gasteiger charge is -2.50. The zero-order valence-corrected chi connectivity index (χ0v) is 17.1. The number of aromatic nitrogens is 2. The lowest BCUT2D eigenvalue weighted by atomic mass is 9.56. The molecule has 0 spiro atoms. The van der Waals surface area contributed by atoms with Crippen LogP contribution in [0.25, 0.3) is 0 Å². The fourth-order valence-electron chi connectivity index (χ4n) is 4.27. The minimum absolute atomic E-state index is 0.0198. The van der Waals surface area contributed by atoms with Crippen LogP contribution >= 0.6 is 11.6 Å². The van der Waals surface area contributed by atoms with Gasteiger partial charge in [-0.1, -0.05) is 11.6 Å². The Labute approximate surface area is 177 Å². The van der Waals surface area contributed by atoms with Crippen molar-refractivity contribution in [1.29, 1.82) is 0 Å². The van der Waals surface area contributed by atoms with Gasteiger partial charge in [0.05, 0.1) is 5.02 Å². The van der Waals surface area contributed by atoms with Crippen LogP contribution in [-0.4, -0.2) is 41.1 Å². The standard InChI is InChI=1S/C20H21ClFN3O5/c1-28-11-17-24-25-18(30-17)20-6-4-19(5-7-20,9-15(20)26)23-16(27)10-29-12-2-3-13(21)14(22)8-12/h2-3,8H,4-7,9-11H2,1H3,(H,23,27)/t19-,20+. The third kappa shape index (κ3) is 3.79. The van der Waals surface area contributed by atoms with E-state index in [9.17, 15) is 14.0 Å². The first-order chi connectivity index (χ1) is 14.4. The molecular weight excluding hydrogens is 417 g/mol. The predicted molar refractivity (Wildman–Crippen MR) is 103 cm³/mol. The number of ether oxygens (including phenoxy) is 2. The highest BCUT2D eigenvalue weighted by molar-refractivity contribution is 6.30. The maximum atomic E-state index is 13.5. The molecule has 3 fully saturated rings. The SMILES string of the molecule is COCc1nnc([C@]23CC[C@](NC(=O)COc4ccc(Cl)c(F)c4)(CC2)CC3=O)o1. The Hall–Kier alpha value is -2.52. The minimum Gasteiger partial charge on any atom is -0.484 e. The van der Waals surface area contributed by atoms with E-state index in [4.69, 9.17) is 25.5 Å². The molecule has 1 N–H and O–H groups in total. The molecule has 0 saturated heterocycles. The molecule has 1 aromatic carbocycles. The van der Waals surface area contributed by atoms with Crippen LogP contribution < -0.4 is 10.1 Å². The van der Waals surface area contributed by atoms with Gasteiger partial charge in [-0.05, 0) is 37.8 Å². The van der Waals surface area contributed by atoms with Gasteiger partial charge in [-0.2, -0.15) is 0 Å². The van der Waals surface area contributed by atoms with Gasteiger partial charge in [-0.3, -0.25) is 9.59 Å². The maximum absolute atomic E-state index is 13.5. The number of halogens is 2. The number of benzene rings is 1. The molecule has 3 saturated carbocycles. The normalized spacial score (nSPS) is 25.4. The Kier molecular flexibility index (Phi) is 5.50. The number of hydrogen-bond donors (Lipinski definition) is 1. The van der Waals surface area contributed by atoms with Crippen molar-refractivity contribution in [3.05, 3.63) is 40.8 Å². The molecule has 1 aromatic heterocycles. The van der Waals surface area contributed by atoms with Crippen molar-refractivity contribution in [1.82, 2.24) is 15.5 Å². The number of Topliss-reactive ketones (excluding diaryl/α,β-unsaturated/α-hetero) is 1. The fraction of sp³-hybridized carbons (Fsp3) is 0.500. The highest BCUT2D eigenvalue weighted by atomic mass is 35.5. The predicted octanol–water partition coefficient (Wildman–Crippen LogP) is 2.73. The van der Waals surface area contributed by atoms with Gasteiger partial charge in [-0.15, -0.1) is 10.2 Å². The molecule has 0 unspecified atom stereocenters. The Balaban J connectivity index is 1.38. The largest absolute Gasteiger partial charge is 0.484 e. The van der Waals surface area contributed by atoms with Crippen LogP contribution in [0.15, 0.2) is 22.6 Å². The highest BCUT2D eigenvalue weighted by Crippen LogP contribution is 2.51. The topological polar surface area (TPSA) is 104 Å². The molecule has 0 radical (unpaired) electrons. The smallest absolute Gasteiger partial charge is 0.258 e. The molecule has 1 amide bonds. The van der Waals surface area contributed by atoms with Gasteiger partial charge in [0, 0.05) is 25.1 Å². The molecule has 2 aromatic rings. The number of ketones is 1. The molecule has 160 valence electrons. The van der Waals surface area contributed by atoms with E-state index < -0.39 is 16.8 Å². The van der Waals surface area contributed by atoms with E-state index in [-0.39, 0.29) is 42.1 Å². The summed E-state index contributed by atoms with van der Waals surface area (Å²) in [6, 6.07) is 3.96. The number of carbonyl (C=O) groups excluding carboxylic acids is 2. The third-order valence-corrected chi connectivity index (χ3v) is 6.21. The van der Waals surface area contributed by atoms with E-state index in [0.717, 1.165) is 6.07 Å². The molecule has 2 bridgehead atoms. The van der Waals surface area contributed by atoms with Gasteiger partial charge in [0.2, 0.25) is 11.8 Å². The van der Waals surface area contributed by atoms with Gasteiger partial charge in [-0.25, -0.2) is 4.39 Å². The Morgan fingerprint density at radius 2 is 2.07 bits per heavy atom. The number of nitrogens with one attached hydrogen (secondary N) is 1. The zero-order valence-electron chi connectivity index (χ0n) is 16.4. The van der Waals surface area contributed by atoms with Crippen LogP contribution in [0.5, 0.6) is 5.75 Å². The lowest BCUT2D eigenvalue weighted by Crippen LogP contribution is -2.62. The van der Waals surface area contributed by atoms with Crippen LogP contribution in [0, 0.1) is 5.82 Å². The first-order valence-electron chi connectivity index (χ1n) is 9.60. The summed E-state index contributed by atoms with van der Waals surface area (Å²) < 4.78 is 29.5. The molecular formula is C20H21ClFN3O5. The summed E-state index contributed by atoms with van der Waals surface area (Å²) in [6.45, 7) is -0.0963. The van der Waals surface area contributed by atoms with Crippen molar-refractivity contribution in [2.75, 3.05) is 13.7 Å². The van der Waals surface area contributed by atoms with E-state index in [1.165, 1.54) is 19.2 Å². The molecule has 10 heteroatoms. The van der Waals surface area contributed by atoms with Crippen LogP contribution in [0.3, 0.4) is 0 Å². The number of amides is 1. The second-order valence-corrected chi connectivity index (χ2v) is 8.22. The first kappa shape index (κ1) is 20.7. The molecule has 3 aliphatic carbocycles. The summed E-state index contributed by atoms with van der Waals surface area (Å²) in [7, 11) is 1.53. The van der Waals surface area contributed by atoms with Crippen molar-refractivity contribution >= 4 is 23.3 Å². The van der Waals surface area contributed by atoms with Gasteiger partial charge in [0.1, 0.15) is 23.6 Å². The van der Waals surface area contributed by atoms with E-state index in [0.29, 0.717) is 37.5 Å². The Morgan fingerprint density at radius 3 is 2.73 bits per heavy atom. The van der Waals surface area contributed by atoms with Crippen molar-refractivity contribution in [2.45, 2.75) is 49.7 Å². The second-order valence-electron chi connectivity index (χ2n) is 7.81. The molecule has 0 atom stereocenters. The van der Waals surface area contributed by atoms with Crippen molar-refractivity contribution in [3.8, 4) is 5.75 Å². The van der Waals surface area contributed by atoms with Gasteiger partial charge >= 0.3 is 0 Å². The fourth-order valence-corrected chi connectivity index (χ4v) is 4.38. The third-order valence-electron chi connectivity index (χ3n) is 5.90. The van der Waals surface area contributed by atoms with Crippen molar-refractivity contribution < 1.29 is 27.9 Å². The number of hydrogen-bond acceptors (Lipinski definition) is 7. The summed E-state index contributed by atoms with van der Waals surface area (Å²) in [5.74, 6) is -0.144. The van der Waals surface area contributed by atoms with Crippen molar-refractivity contribution in [3.63, 3.8) is 0 Å². The minimum atomic E-state index is -0.789. The first-order valence-corrected chi connectivity index (χ1v) is 9.98. The summed E-state index contributed by atoms with van der Waals surface area (Å²) in [6.07, 6.45) is 2.45. The number of methoxy groups -OCH3 is 1. The Bertz CT molecular complexity index is 971. The molecule has 0 aliphatic heterocycles. The molecule has 1 heterocycles. The summed E-state index contributed by atoms with van der Waals surface area (Å²) in [4.78, 5) is 25.4. The maximum Gasteiger partial charge on any atom is 0.258 e. The van der Waals surface area contributed by atoms with Gasteiger partial charge in [0.25, 0.3) is 5.91 Å². The van der Waals surface area contributed by atoms with E-state index >= 15 is 0 Å². The number of rotatable bonds is 7. The average Bonchev–Trinajstić information content (AvgIpc) is 3.19. The average molecular weight is 438 g/mol. The van der Waals surface area contributed by atoms with Crippen LogP contribution in [-0.2, 0) is 26.3 Å². The zero-order chi connectivity index (χ0) is 21.4. The summed E-state index contributed by atoms with van der Waals surface area (Å²) >= 11 is 5.64. The summed E-state index contributed by atoms with van der Waals surface area (Å²) in [5.41, 5.74) is -1.40. The molecule has 3 aliphatic rings. The van der Waals surface area contributed by atoms with Gasteiger partial charge < -0.3 is 19.2 Å². The monoisotopic (exact) mass is 437 g/mol. The number of nitrogens with zero attached hydrogens (tertiary/aromatic N) is 2. The molecule has 5 rings (SSSR count). The molecule has 8 nitrogen and oxygen atoms in total. The van der Waals surface area contributed by atoms with E-state index in [2.05, 4.69) is 15.5 Å². The van der Waals surface area contributed by atoms with Crippen LogP contribution in [0.2, 0.25) is 5.02 Å². The van der Waals surface area contributed by atoms with Crippen LogP contribution in [0.4, 0.5) is 4.39 Å². The van der Waals surface area contributed by atoms with Crippen molar-refractivity contribution in [2.24, 2.45) is 0 Å². The Morgan fingerprint density at radius 1 is 1.30 bits per heavy atom. The number of carbonyl (C=O) groups is 2. The quantitative estimate of drug-likeness (QED) is 0.710.